The Labute approximate surface area is 468 Å². The molecule has 0 amide bonds. The van der Waals surface area contributed by atoms with Crippen LogP contribution in [0.25, 0.3) is 0 Å². The van der Waals surface area contributed by atoms with Gasteiger partial charge in [0.15, 0.2) is 0 Å². The van der Waals surface area contributed by atoms with Crippen LogP contribution in [0.5, 0.6) is 0 Å². The van der Waals surface area contributed by atoms with Gasteiger partial charge in [0.25, 0.3) is 0 Å². The first kappa shape index (κ1) is 84.1. The summed E-state index contributed by atoms with van der Waals surface area (Å²) in [5.74, 6) is 10.5. The average molecular weight is 1040 g/mol. The summed E-state index contributed by atoms with van der Waals surface area (Å²) >= 11 is 0. The minimum absolute atomic E-state index is 0.723. The second-order valence-corrected chi connectivity index (χ2v) is 23.5. The van der Waals surface area contributed by atoms with E-state index in [9.17, 15) is 0 Å². The van der Waals surface area contributed by atoms with Crippen LogP contribution in [0.3, 0.4) is 0 Å². The fourth-order valence-electron chi connectivity index (χ4n) is 10.3. The van der Waals surface area contributed by atoms with E-state index in [1.807, 2.05) is 96.9 Å². The largest absolute Gasteiger partial charge is 0.381 e. The molecular formula is C67H151N5O. The summed E-state index contributed by atoms with van der Waals surface area (Å²) in [4.78, 5) is 13.1. The normalized spacial score (nSPS) is 25.9. The summed E-state index contributed by atoms with van der Waals surface area (Å²) in [6.07, 6.45) is 8.68. The first-order valence-electron chi connectivity index (χ1n) is 32.9. The standard InChI is InChI=1S/C11H21N.C10H20N2.C10H19N.C9H17NO.C5H12.2C4H10.7C2H6/c1-7(2)11-9-5-12(8(3)4)6-10(9)11;1-9(2)12-7-6-11-5-3-4-10(11)8-12;1-8(2)11-6-9-4-3-5-10(9)7-11;1-7(2)10-3-8-5-11-6-9(8)4-10;1-4-5(2)3;2*1-4(2)3;7*1-2/h7-11H,5-6H2,1-4H3;9-10H,3-8H2,1-2H3;8-10H,3-7H2,1-2H3;7-9H,3-6H2,1-2H3;5H,4H2,1-3H3;2*4H,1-3H3;7*1-2H3. The maximum atomic E-state index is 5.41. The van der Waals surface area contributed by atoms with Crippen molar-refractivity contribution in [1.29, 1.82) is 0 Å². The third-order valence-electron chi connectivity index (χ3n) is 14.4. The molecule has 450 valence electrons. The Kier molecular flexibility index (Phi) is 61.9. The molecule has 0 radical (unpaired) electrons. The third kappa shape index (κ3) is 38.9. The highest BCUT2D eigenvalue weighted by Crippen LogP contribution is 2.55. The number of likely N-dealkylation sites (tertiary alicyclic amines) is 3. The Bertz CT molecular complexity index is 973. The lowest BCUT2D eigenvalue weighted by Gasteiger charge is -2.39. The topological polar surface area (TPSA) is 25.4 Å². The van der Waals surface area contributed by atoms with Crippen LogP contribution in [-0.4, -0.2) is 133 Å². The van der Waals surface area contributed by atoms with Crippen molar-refractivity contribution in [2.24, 2.45) is 65.1 Å². The Morgan fingerprint density at radius 3 is 0.986 bits per heavy atom. The number of hydrogen-bond donors (Lipinski definition) is 0. The maximum Gasteiger partial charge on any atom is 0.0510 e. The average Bonchev–Trinajstić information content (AvgIpc) is 4.16. The number of piperazine rings is 1. The highest BCUT2D eigenvalue weighted by molar-refractivity contribution is 5.06. The van der Waals surface area contributed by atoms with Gasteiger partial charge in [0.1, 0.15) is 0 Å². The molecule has 8 fully saturated rings. The van der Waals surface area contributed by atoms with Crippen LogP contribution in [0.1, 0.15) is 267 Å². The van der Waals surface area contributed by atoms with Crippen molar-refractivity contribution in [3.8, 4) is 0 Å². The minimum Gasteiger partial charge on any atom is -0.381 e. The van der Waals surface area contributed by atoms with Crippen molar-refractivity contribution in [3.05, 3.63) is 0 Å². The van der Waals surface area contributed by atoms with Gasteiger partial charge in [-0.05, 0) is 141 Å². The summed E-state index contributed by atoms with van der Waals surface area (Å²) in [5.41, 5.74) is 0. The summed E-state index contributed by atoms with van der Waals surface area (Å²) in [6, 6.07) is 3.90. The number of hydrogen-bond acceptors (Lipinski definition) is 6. The van der Waals surface area contributed by atoms with Crippen LogP contribution >= 0.6 is 0 Å². The SMILES string of the molecule is CC.CC.CC.CC.CC.CC.CC.CC(C)C.CC(C)C.CC(C)C1C2CN(C(C)C)CC21.CC(C)N1CC2CCCC2C1.CC(C)N1CC2COCC2C1.CC(C)N1CCN2CCCC2C1.CCC(C)C. The van der Waals surface area contributed by atoms with E-state index in [1.165, 1.54) is 104 Å². The van der Waals surface area contributed by atoms with E-state index in [1.54, 1.807) is 0 Å². The lowest BCUT2D eigenvalue weighted by molar-refractivity contribution is 0.0827. The Morgan fingerprint density at radius 1 is 0.370 bits per heavy atom. The van der Waals surface area contributed by atoms with Gasteiger partial charge >= 0.3 is 0 Å². The fraction of sp³-hybridized carbons (Fsp3) is 1.00. The van der Waals surface area contributed by atoms with Crippen molar-refractivity contribution in [3.63, 3.8) is 0 Å². The molecule has 0 aromatic carbocycles. The number of ether oxygens (including phenoxy) is 1. The van der Waals surface area contributed by atoms with Crippen LogP contribution in [0.2, 0.25) is 0 Å². The van der Waals surface area contributed by atoms with Crippen molar-refractivity contribution < 1.29 is 4.74 Å². The van der Waals surface area contributed by atoms with Crippen LogP contribution in [0.4, 0.5) is 0 Å². The van der Waals surface area contributed by atoms with E-state index >= 15 is 0 Å². The molecule has 0 aromatic rings. The molecule has 0 spiro atoms. The maximum absolute atomic E-state index is 5.41. The predicted molar refractivity (Wildman–Crippen MR) is 341 cm³/mol. The zero-order valence-corrected chi connectivity index (χ0v) is 57.6. The van der Waals surface area contributed by atoms with Crippen molar-refractivity contribution >= 4 is 0 Å². The van der Waals surface area contributed by atoms with E-state index in [2.05, 4.69) is 156 Å². The van der Waals surface area contributed by atoms with Crippen molar-refractivity contribution in [1.82, 2.24) is 24.5 Å². The molecule has 0 bridgehead atoms. The summed E-state index contributed by atoms with van der Waals surface area (Å²) < 4.78 is 5.41. The molecule has 6 heterocycles. The van der Waals surface area contributed by atoms with Crippen LogP contribution in [0.15, 0.2) is 0 Å². The zero-order valence-electron chi connectivity index (χ0n) is 57.6. The van der Waals surface area contributed by atoms with E-state index in [0.717, 1.165) is 109 Å². The Morgan fingerprint density at radius 2 is 0.685 bits per heavy atom. The highest BCUT2D eigenvalue weighted by atomic mass is 16.5. The molecule has 8 aliphatic rings. The molecule has 6 heteroatoms. The second kappa shape index (κ2) is 53.7. The van der Waals surface area contributed by atoms with E-state index in [4.69, 9.17) is 4.74 Å². The van der Waals surface area contributed by atoms with Crippen molar-refractivity contribution in [2.45, 2.75) is 297 Å². The van der Waals surface area contributed by atoms with Gasteiger partial charge in [-0.25, -0.2) is 0 Å². The first-order valence-corrected chi connectivity index (χ1v) is 32.9. The summed E-state index contributed by atoms with van der Waals surface area (Å²) in [6.45, 7) is 86.2. The lowest BCUT2D eigenvalue weighted by Crippen LogP contribution is -2.52. The van der Waals surface area contributed by atoms with Gasteiger partial charge in [0, 0.05) is 101 Å². The number of rotatable bonds is 6. The van der Waals surface area contributed by atoms with Gasteiger partial charge in [-0.1, -0.05) is 186 Å². The monoisotopic (exact) mass is 1040 g/mol. The molecule has 73 heavy (non-hydrogen) atoms. The second-order valence-electron chi connectivity index (χ2n) is 23.5. The minimum atomic E-state index is 0.723. The van der Waals surface area contributed by atoms with E-state index < -0.39 is 0 Å². The Hall–Kier alpha value is -0.240. The first-order chi connectivity index (χ1) is 34.7. The number of nitrogens with zero attached hydrogens (tertiary/aromatic N) is 5. The van der Waals surface area contributed by atoms with Gasteiger partial charge in [-0.2, -0.15) is 0 Å². The number of piperidine rings is 1. The molecule has 7 atom stereocenters. The van der Waals surface area contributed by atoms with Gasteiger partial charge in [0.05, 0.1) is 13.2 Å². The quantitative estimate of drug-likeness (QED) is 0.263. The van der Waals surface area contributed by atoms with Crippen LogP contribution in [-0.2, 0) is 4.74 Å². The van der Waals surface area contributed by atoms with Gasteiger partial charge in [0.2, 0.25) is 0 Å². The fourth-order valence-corrected chi connectivity index (χ4v) is 10.3. The molecule has 2 aliphatic carbocycles. The van der Waals surface area contributed by atoms with Crippen molar-refractivity contribution in [2.75, 3.05) is 78.7 Å². The highest BCUT2D eigenvalue weighted by Gasteiger charge is 2.56. The molecule has 6 aliphatic heterocycles. The van der Waals surface area contributed by atoms with Gasteiger partial charge in [-0.15, -0.1) is 0 Å². The molecule has 6 saturated heterocycles. The molecule has 8 rings (SSSR count). The molecule has 7 unspecified atom stereocenters. The predicted octanol–water partition coefficient (Wildman–Crippen LogP) is 19.1. The molecule has 0 N–H and O–H groups in total. The third-order valence-corrected chi connectivity index (χ3v) is 14.4. The van der Waals surface area contributed by atoms with Gasteiger partial charge in [-0.3, -0.25) is 9.80 Å². The molecule has 0 aromatic heterocycles. The smallest absolute Gasteiger partial charge is 0.0510 e. The summed E-state index contributed by atoms with van der Waals surface area (Å²) in [7, 11) is 0. The molecule has 6 nitrogen and oxygen atoms in total. The molecular weight excluding hydrogens is 891 g/mol. The van der Waals surface area contributed by atoms with Crippen LogP contribution in [0, 0.1) is 65.1 Å². The molecule has 2 saturated carbocycles. The number of fused-ring (bicyclic) bond motifs is 4. The summed E-state index contributed by atoms with van der Waals surface area (Å²) in [5, 5.41) is 0. The zero-order chi connectivity index (χ0) is 58.6. The van der Waals surface area contributed by atoms with Gasteiger partial charge < -0.3 is 19.4 Å². The lowest BCUT2D eigenvalue weighted by atomic mass is 10.0. The van der Waals surface area contributed by atoms with Crippen LogP contribution < -0.4 is 0 Å². The van der Waals surface area contributed by atoms with E-state index in [0.29, 0.717) is 0 Å². The Balaban J connectivity index is -0.000000177. The van der Waals surface area contributed by atoms with E-state index in [-0.39, 0.29) is 0 Å².